The Morgan fingerprint density at radius 3 is 2.68 bits per heavy atom. The van der Waals surface area contributed by atoms with Gasteiger partial charge >= 0.3 is 0 Å². The first kappa shape index (κ1) is 10.6. The van der Waals surface area contributed by atoms with E-state index in [4.69, 9.17) is 0 Å². The smallest absolute Gasteiger partial charge is 0.257 e. The lowest BCUT2D eigenvalue weighted by atomic mass is 10.0. The lowest BCUT2D eigenvalue weighted by molar-refractivity contribution is 0.0713. The second kappa shape index (κ2) is 3.60. The fraction of sp³-hybridized carbons (Fsp3) is 0.188. The third kappa shape index (κ3) is 1.30. The van der Waals surface area contributed by atoms with Crippen LogP contribution in [0.25, 0.3) is 0 Å². The molecule has 94 valence electrons. The molecule has 3 heteroatoms. The third-order valence-electron chi connectivity index (χ3n) is 4.10. The molecule has 19 heavy (non-hydrogen) atoms. The van der Waals surface area contributed by atoms with E-state index in [0.29, 0.717) is 0 Å². The number of rotatable bonds is 0. The maximum Gasteiger partial charge on any atom is 0.257 e. The molecule has 1 atom stereocenters. The summed E-state index contributed by atoms with van der Waals surface area (Å²) in [4.78, 5) is 16.6. The standard InChI is InChI=1S/C16H14N2O/c1-17-15-12-7-3-2-6-11(12)10-18(15)14-9-5-4-8-13(14)16(17)19/h2-9,15H,10H2,1H3. The summed E-state index contributed by atoms with van der Waals surface area (Å²) in [7, 11) is 1.89. The fourth-order valence-electron chi connectivity index (χ4n) is 3.21. The highest BCUT2D eigenvalue weighted by Crippen LogP contribution is 2.44. The zero-order valence-electron chi connectivity index (χ0n) is 10.7. The van der Waals surface area contributed by atoms with Crippen molar-refractivity contribution in [2.45, 2.75) is 12.7 Å². The van der Waals surface area contributed by atoms with Crippen molar-refractivity contribution in [2.75, 3.05) is 11.9 Å². The molecule has 4 rings (SSSR count). The summed E-state index contributed by atoms with van der Waals surface area (Å²) in [6.07, 6.45) is 0.0404. The van der Waals surface area contributed by atoms with Gasteiger partial charge in [0.05, 0.1) is 11.3 Å². The molecule has 2 aliphatic heterocycles. The molecule has 0 bridgehead atoms. The molecule has 0 N–H and O–H groups in total. The Morgan fingerprint density at radius 2 is 1.79 bits per heavy atom. The van der Waals surface area contributed by atoms with E-state index >= 15 is 0 Å². The van der Waals surface area contributed by atoms with Crippen LogP contribution in [0.5, 0.6) is 0 Å². The van der Waals surface area contributed by atoms with Gasteiger partial charge in [0.2, 0.25) is 0 Å². The van der Waals surface area contributed by atoms with Crippen molar-refractivity contribution in [3.8, 4) is 0 Å². The maximum absolute atomic E-state index is 12.5. The van der Waals surface area contributed by atoms with Crippen LogP contribution in [0.1, 0.15) is 27.7 Å². The predicted octanol–water partition coefficient (Wildman–Crippen LogP) is 2.79. The van der Waals surface area contributed by atoms with Gasteiger partial charge < -0.3 is 9.80 Å². The average Bonchev–Trinajstić information content (AvgIpc) is 2.84. The van der Waals surface area contributed by atoms with E-state index < -0.39 is 0 Å². The van der Waals surface area contributed by atoms with Gasteiger partial charge in [0.15, 0.2) is 0 Å². The van der Waals surface area contributed by atoms with E-state index in [2.05, 4.69) is 23.1 Å². The third-order valence-corrected chi connectivity index (χ3v) is 4.10. The van der Waals surface area contributed by atoms with Gasteiger partial charge in [0.25, 0.3) is 5.91 Å². The summed E-state index contributed by atoms with van der Waals surface area (Å²) in [5.74, 6) is 0.105. The molecule has 0 spiro atoms. The Labute approximate surface area is 112 Å². The predicted molar refractivity (Wildman–Crippen MR) is 73.9 cm³/mol. The lowest BCUT2D eigenvalue weighted by Gasteiger charge is -2.40. The average molecular weight is 250 g/mol. The molecule has 0 aliphatic carbocycles. The van der Waals surface area contributed by atoms with E-state index in [1.807, 2.05) is 42.3 Å². The number of para-hydroxylation sites is 1. The minimum absolute atomic E-state index is 0.0404. The molecule has 2 aromatic carbocycles. The topological polar surface area (TPSA) is 23.6 Å². The number of amides is 1. The molecular formula is C16H14N2O. The van der Waals surface area contributed by atoms with Crippen LogP contribution < -0.4 is 4.90 Å². The number of carbonyl (C=O) groups excluding carboxylic acids is 1. The van der Waals surface area contributed by atoms with Crippen molar-refractivity contribution in [2.24, 2.45) is 0 Å². The highest BCUT2D eigenvalue weighted by Gasteiger charge is 2.40. The first-order valence-electron chi connectivity index (χ1n) is 6.48. The molecule has 1 unspecified atom stereocenters. The second-order valence-electron chi connectivity index (χ2n) is 5.13. The number of hydrogen-bond acceptors (Lipinski definition) is 2. The molecule has 0 fully saturated rings. The van der Waals surface area contributed by atoms with Gasteiger partial charge in [-0.3, -0.25) is 4.79 Å². The van der Waals surface area contributed by atoms with E-state index in [1.54, 1.807) is 0 Å². The molecule has 0 saturated heterocycles. The number of nitrogens with zero attached hydrogens (tertiary/aromatic N) is 2. The molecule has 0 saturated carbocycles. The van der Waals surface area contributed by atoms with Crippen LogP contribution in [0.4, 0.5) is 5.69 Å². The quantitative estimate of drug-likeness (QED) is 0.717. The van der Waals surface area contributed by atoms with Crippen molar-refractivity contribution < 1.29 is 4.79 Å². The van der Waals surface area contributed by atoms with Crippen molar-refractivity contribution >= 4 is 11.6 Å². The summed E-state index contributed by atoms with van der Waals surface area (Å²) < 4.78 is 0. The molecular weight excluding hydrogens is 236 g/mol. The number of carbonyl (C=O) groups is 1. The Balaban J connectivity index is 1.94. The number of hydrogen-bond donors (Lipinski definition) is 0. The number of anilines is 1. The molecule has 3 nitrogen and oxygen atoms in total. The van der Waals surface area contributed by atoms with Gasteiger partial charge in [0.1, 0.15) is 6.17 Å². The van der Waals surface area contributed by atoms with Crippen LogP contribution in [0.2, 0.25) is 0 Å². The normalized spacial score (nSPS) is 20.1. The van der Waals surface area contributed by atoms with Crippen LogP contribution >= 0.6 is 0 Å². The Morgan fingerprint density at radius 1 is 1.05 bits per heavy atom. The molecule has 1 amide bonds. The van der Waals surface area contributed by atoms with Crippen LogP contribution in [0, 0.1) is 0 Å². The van der Waals surface area contributed by atoms with Crippen molar-refractivity contribution in [3.63, 3.8) is 0 Å². The second-order valence-corrected chi connectivity index (χ2v) is 5.13. The SMILES string of the molecule is CN1C(=O)c2ccccc2N2Cc3ccccc3C12. The van der Waals surface area contributed by atoms with Gasteiger partial charge in [-0.05, 0) is 23.3 Å². The number of fused-ring (bicyclic) bond motifs is 5. The summed E-state index contributed by atoms with van der Waals surface area (Å²) in [6.45, 7) is 0.871. The molecule has 0 radical (unpaired) electrons. The maximum atomic E-state index is 12.5. The van der Waals surface area contributed by atoms with Crippen molar-refractivity contribution in [1.29, 1.82) is 0 Å². The van der Waals surface area contributed by atoms with E-state index in [1.165, 1.54) is 11.1 Å². The highest BCUT2D eigenvalue weighted by molar-refractivity contribution is 6.02. The minimum Gasteiger partial charge on any atom is -0.342 e. The van der Waals surface area contributed by atoms with Gasteiger partial charge in [-0.15, -0.1) is 0 Å². The summed E-state index contributed by atoms with van der Waals surface area (Å²) >= 11 is 0. The minimum atomic E-state index is 0.0404. The molecule has 0 aromatic heterocycles. The van der Waals surface area contributed by atoms with Crippen molar-refractivity contribution in [3.05, 3.63) is 65.2 Å². The van der Waals surface area contributed by atoms with Gasteiger partial charge in [0, 0.05) is 13.6 Å². The highest BCUT2D eigenvalue weighted by atomic mass is 16.2. The van der Waals surface area contributed by atoms with E-state index in [-0.39, 0.29) is 12.1 Å². The van der Waals surface area contributed by atoms with Gasteiger partial charge in [-0.2, -0.15) is 0 Å². The molecule has 2 aliphatic rings. The Hall–Kier alpha value is -2.29. The lowest BCUT2D eigenvalue weighted by Crippen LogP contribution is -2.44. The Bertz CT molecular complexity index is 680. The zero-order chi connectivity index (χ0) is 13.0. The largest absolute Gasteiger partial charge is 0.342 e. The van der Waals surface area contributed by atoms with Crippen LogP contribution in [0.3, 0.4) is 0 Å². The van der Waals surface area contributed by atoms with Gasteiger partial charge in [-0.25, -0.2) is 0 Å². The first-order chi connectivity index (χ1) is 9.27. The van der Waals surface area contributed by atoms with Crippen molar-refractivity contribution in [1.82, 2.24) is 4.90 Å². The molecule has 2 heterocycles. The van der Waals surface area contributed by atoms with Crippen LogP contribution in [-0.4, -0.2) is 17.9 Å². The first-order valence-corrected chi connectivity index (χ1v) is 6.48. The monoisotopic (exact) mass is 250 g/mol. The van der Waals surface area contributed by atoms with Crippen LogP contribution in [-0.2, 0) is 6.54 Å². The summed E-state index contributed by atoms with van der Waals surface area (Å²) in [5.41, 5.74) is 4.40. The summed E-state index contributed by atoms with van der Waals surface area (Å²) in [5, 5.41) is 0. The van der Waals surface area contributed by atoms with E-state index in [0.717, 1.165) is 17.8 Å². The molecule has 2 aromatic rings. The zero-order valence-corrected chi connectivity index (χ0v) is 10.7. The number of benzene rings is 2. The van der Waals surface area contributed by atoms with Gasteiger partial charge in [-0.1, -0.05) is 36.4 Å². The Kier molecular flexibility index (Phi) is 2.01. The van der Waals surface area contributed by atoms with E-state index in [9.17, 15) is 4.79 Å². The summed E-state index contributed by atoms with van der Waals surface area (Å²) in [6, 6.07) is 16.2. The van der Waals surface area contributed by atoms with Crippen LogP contribution in [0.15, 0.2) is 48.5 Å². The fourth-order valence-corrected chi connectivity index (χ4v) is 3.21.